The number of nitrogens with one attached hydrogen (secondary N) is 2. The van der Waals surface area contributed by atoms with Crippen LogP contribution >= 0.6 is 14.6 Å². The number of rotatable bonds is 9. The van der Waals surface area contributed by atoms with Gasteiger partial charge in [0.15, 0.2) is 0 Å². The van der Waals surface area contributed by atoms with Crippen molar-refractivity contribution in [2.45, 2.75) is 0 Å². The maximum Gasteiger partial charge on any atom is 0.227 e. The molecule has 42 heavy (non-hydrogen) atoms. The minimum Gasteiger partial charge on any atom is -0.327 e. The summed E-state index contributed by atoms with van der Waals surface area (Å²) >= 11 is 0. The third-order valence-corrected chi connectivity index (χ3v) is 12.1. The Morgan fingerprint density at radius 1 is 0.381 bits per heavy atom. The van der Waals surface area contributed by atoms with E-state index >= 15 is 0 Å². The quantitative estimate of drug-likeness (QED) is 0.181. The number of benzene rings is 4. The Kier molecular flexibility index (Phi) is 7.83. The predicted octanol–water partition coefficient (Wildman–Crippen LogP) is 6.83. The first-order chi connectivity index (χ1) is 20.6. The maximum absolute atomic E-state index is 14.8. The molecule has 8 heteroatoms. The third-order valence-electron chi connectivity index (χ3n) is 6.87. The van der Waals surface area contributed by atoms with E-state index < -0.39 is 14.6 Å². The summed E-state index contributed by atoms with van der Waals surface area (Å²) < 4.78 is 29.7. The summed E-state index contributed by atoms with van der Waals surface area (Å²) in [4.78, 5) is 9.36. The van der Waals surface area contributed by atoms with Gasteiger partial charge in [-0.25, -0.2) is 0 Å². The van der Waals surface area contributed by atoms with Crippen LogP contribution in [0.1, 0.15) is 0 Å². The van der Waals surface area contributed by atoms with Gasteiger partial charge in [-0.15, -0.1) is 0 Å². The van der Waals surface area contributed by atoms with Crippen molar-refractivity contribution >= 4 is 47.2 Å². The lowest BCUT2D eigenvalue weighted by Gasteiger charge is -2.25. The van der Waals surface area contributed by atoms with Gasteiger partial charge in [-0.1, -0.05) is 72.8 Å². The van der Waals surface area contributed by atoms with Gasteiger partial charge in [-0.2, -0.15) is 0 Å². The second-order valence-electron chi connectivity index (χ2n) is 9.58. The van der Waals surface area contributed by atoms with E-state index in [9.17, 15) is 9.13 Å². The summed E-state index contributed by atoms with van der Waals surface area (Å²) in [5.74, 6) is 0. The second-order valence-corrected chi connectivity index (χ2v) is 14.5. The Balaban J connectivity index is 1.46. The molecule has 6 aromatic rings. The molecular weight excluding hydrogens is 558 g/mol. The molecule has 0 aliphatic rings. The van der Waals surface area contributed by atoms with Gasteiger partial charge in [-0.3, -0.25) is 19.1 Å². The van der Waals surface area contributed by atoms with Crippen LogP contribution in [0.4, 0.5) is 11.4 Å². The minimum atomic E-state index is -3.34. The fourth-order valence-corrected chi connectivity index (χ4v) is 9.34. The van der Waals surface area contributed by atoms with Gasteiger partial charge in [0, 0.05) is 33.6 Å². The van der Waals surface area contributed by atoms with Gasteiger partial charge < -0.3 is 10.2 Å². The normalized spacial score (nSPS) is 11.5. The molecule has 0 amide bonds. The fraction of sp³-hybridized carbons (Fsp3) is 0. The Labute approximate surface area is 245 Å². The van der Waals surface area contributed by atoms with Crippen molar-refractivity contribution in [1.82, 2.24) is 9.97 Å². The van der Waals surface area contributed by atoms with Crippen LogP contribution in [0.3, 0.4) is 0 Å². The van der Waals surface area contributed by atoms with Gasteiger partial charge in [0.05, 0.1) is 11.4 Å². The van der Waals surface area contributed by atoms with Gasteiger partial charge in [0.25, 0.3) is 0 Å². The number of anilines is 2. The van der Waals surface area contributed by atoms with Gasteiger partial charge in [0.2, 0.25) is 14.6 Å². The third kappa shape index (κ3) is 5.43. The lowest BCUT2D eigenvalue weighted by molar-refractivity contribution is 0.589. The van der Waals surface area contributed by atoms with Crippen molar-refractivity contribution in [2.24, 2.45) is 0 Å². The van der Waals surface area contributed by atoms with E-state index in [0.29, 0.717) is 44.0 Å². The highest BCUT2D eigenvalue weighted by Crippen LogP contribution is 2.48. The Hall–Kier alpha value is -4.76. The van der Waals surface area contributed by atoms with E-state index in [1.807, 2.05) is 133 Å². The molecule has 0 unspecified atom stereocenters. The van der Waals surface area contributed by atoms with Crippen LogP contribution in [0, 0.1) is 0 Å². The molecule has 2 aromatic heterocycles. The van der Waals surface area contributed by atoms with Gasteiger partial charge >= 0.3 is 0 Å². The summed E-state index contributed by atoms with van der Waals surface area (Å²) in [5.41, 5.74) is 2.06. The van der Waals surface area contributed by atoms with Crippen molar-refractivity contribution in [2.75, 3.05) is 10.2 Å². The molecule has 0 aliphatic carbocycles. The zero-order valence-corrected chi connectivity index (χ0v) is 24.4. The summed E-state index contributed by atoms with van der Waals surface area (Å²) in [5, 5.41) is 9.41. The number of hydrogen-bond donors (Lipinski definition) is 2. The first kappa shape index (κ1) is 27.4. The fourth-order valence-electron chi connectivity index (χ4n) is 4.82. The van der Waals surface area contributed by atoms with Crippen molar-refractivity contribution in [3.05, 3.63) is 158 Å². The van der Waals surface area contributed by atoms with E-state index in [4.69, 9.17) is 0 Å². The molecule has 6 nitrogen and oxygen atoms in total. The zero-order valence-electron chi connectivity index (χ0n) is 22.6. The zero-order chi connectivity index (χ0) is 28.8. The second kappa shape index (κ2) is 12.0. The van der Waals surface area contributed by atoms with Crippen LogP contribution < -0.4 is 31.4 Å². The summed E-state index contributed by atoms with van der Waals surface area (Å²) in [6, 6.07) is 44.8. The van der Waals surface area contributed by atoms with Crippen molar-refractivity contribution in [3.63, 3.8) is 0 Å². The Morgan fingerprint density at radius 3 is 0.952 bits per heavy atom. The number of nitrogens with zero attached hydrogens (tertiary/aromatic N) is 2. The molecule has 0 atom stereocenters. The predicted molar refractivity (Wildman–Crippen MR) is 174 cm³/mol. The Morgan fingerprint density at radius 2 is 0.667 bits per heavy atom. The Bertz CT molecular complexity index is 1660. The molecule has 0 bridgehead atoms. The average Bonchev–Trinajstić information content (AvgIpc) is 3.07. The molecule has 0 aliphatic heterocycles. The van der Waals surface area contributed by atoms with Crippen LogP contribution in [0.5, 0.6) is 0 Å². The van der Waals surface area contributed by atoms with Crippen molar-refractivity contribution in [3.8, 4) is 11.4 Å². The number of pyridine rings is 2. The van der Waals surface area contributed by atoms with Crippen LogP contribution in [-0.2, 0) is 9.13 Å². The van der Waals surface area contributed by atoms with Gasteiger partial charge in [-0.05, 0) is 72.8 Å². The smallest absolute Gasteiger partial charge is 0.227 e. The highest BCUT2D eigenvalue weighted by atomic mass is 31.2. The average molecular weight is 587 g/mol. The molecule has 206 valence electrons. The SMILES string of the molecule is O=P(Nc1cccnc1-c1ncccc1NP(=O)(c1ccccc1)c1ccccc1)(c1ccccc1)c1ccccc1. The van der Waals surface area contributed by atoms with E-state index in [1.165, 1.54) is 0 Å². The molecule has 0 saturated heterocycles. The highest BCUT2D eigenvalue weighted by molar-refractivity contribution is 7.80. The van der Waals surface area contributed by atoms with E-state index in [0.717, 1.165) is 0 Å². The van der Waals surface area contributed by atoms with Crippen LogP contribution in [0.25, 0.3) is 11.4 Å². The maximum atomic E-state index is 14.8. The molecular formula is C34H28N4O2P2. The first-order valence-electron chi connectivity index (χ1n) is 13.5. The van der Waals surface area contributed by atoms with Crippen LogP contribution in [0.2, 0.25) is 0 Å². The summed E-state index contributed by atoms with van der Waals surface area (Å²) in [6.45, 7) is 0. The van der Waals surface area contributed by atoms with Crippen molar-refractivity contribution in [1.29, 1.82) is 0 Å². The lowest BCUT2D eigenvalue weighted by atomic mass is 10.2. The largest absolute Gasteiger partial charge is 0.327 e. The minimum absolute atomic E-state index is 0.486. The van der Waals surface area contributed by atoms with Gasteiger partial charge in [0.1, 0.15) is 11.4 Å². The van der Waals surface area contributed by atoms with Crippen LogP contribution in [0.15, 0.2) is 158 Å². The molecule has 2 heterocycles. The molecule has 2 N–H and O–H groups in total. The molecule has 0 radical (unpaired) electrons. The van der Waals surface area contributed by atoms with Crippen LogP contribution in [-0.4, -0.2) is 9.97 Å². The molecule has 4 aromatic carbocycles. The van der Waals surface area contributed by atoms with Crippen molar-refractivity contribution < 1.29 is 9.13 Å². The summed E-state index contributed by atoms with van der Waals surface area (Å²) in [6.07, 6.45) is 3.34. The standard InChI is InChI=1S/C34H28N4O2P2/c39-41(27-15-5-1-6-16-27,28-17-7-2-8-18-28)37-31-23-13-25-35-33(31)34-32(24-14-26-36-34)38-42(40,29-19-9-3-10-20-29)30-21-11-4-12-22-30/h1-26H,(H,37,39)(H,38,40). The molecule has 0 spiro atoms. The lowest BCUT2D eigenvalue weighted by Crippen LogP contribution is -2.22. The highest BCUT2D eigenvalue weighted by Gasteiger charge is 2.31. The topological polar surface area (TPSA) is 84.0 Å². The first-order valence-corrected chi connectivity index (χ1v) is 16.9. The number of hydrogen-bond acceptors (Lipinski definition) is 4. The molecule has 0 fully saturated rings. The molecule has 6 rings (SSSR count). The number of aromatic nitrogens is 2. The molecule has 0 saturated carbocycles. The monoisotopic (exact) mass is 586 g/mol. The van der Waals surface area contributed by atoms with E-state index in [-0.39, 0.29) is 0 Å². The summed E-state index contributed by atoms with van der Waals surface area (Å²) in [7, 11) is -6.68. The van der Waals surface area contributed by atoms with E-state index in [1.54, 1.807) is 24.5 Å². The van der Waals surface area contributed by atoms with E-state index in [2.05, 4.69) is 20.1 Å².